The molecule has 0 radical (unpaired) electrons. The van der Waals surface area contributed by atoms with Crippen molar-refractivity contribution in [2.75, 3.05) is 26.8 Å². The third-order valence-corrected chi connectivity index (χ3v) is 4.08. The Balaban J connectivity index is 2.98. The fourth-order valence-corrected chi connectivity index (χ4v) is 1.87. The maximum Gasteiger partial charge on any atom is 0.244 e. The van der Waals surface area contributed by atoms with Crippen molar-refractivity contribution in [3.63, 3.8) is 0 Å². The third kappa shape index (κ3) is 3.06. The molecule has 19 heavy (non-hydrogen) atoms. The summed E-state index contributed by atoms with van der Waals surface area (Å²) in [5.74, 6) is -0.324. The molecule has 1 rings (SSSR count). The number of ether oxygens (including phenoxy) is 1. The van der Waals surface area contributed by atoms with Crippen LogP contribution in [0.2, 0.25) is 0 Å². The molecule has 1 heterocycles. The van der Waals surface area contributed by atoms with Crippen LogP contribution in [0.25, 0.3) is 0 Å². The Kier molecular flexibility index (Phi) is 4.58. The van der Waals surface area contributed by atoms with E-state index in [0.29, 0.717) is 13.2 Å². The number of likely N-dealkylation sites (N-methyl/N-ethyl adjacent to an activating group) is 1. The van der Waals surface area contributed by atoms with E-state index in [9.17, 15) is 9.59 Å². The Morgan fingerprint density at radius 3 is 2.37 bits per heavy atom. The lowest BCUT2D eigenvalue weighted by molar-refractivity contribution is -0.157. The Bertz CT molecular complexity index is 361. The first-order valence-corrected chi connectivity index (χ1v) is 6.52. The fourth-order valence-electron chi connectivity index (χ4n) is 1.87. The van der Waals surface area contributed by atoms with Gasteiger partial charge in [-0.1, -0.05) is 0 Å². The second-order valence-corrected chi connectivity index (χ2v) is 6.05. The molecular weight excluding hydrogens is 246 g/mol. The summed E-state index contributed by atoms with van der Waals surface area (Å²) in [6.45, 7) is 8.35. The van der Waals surface area contributed by atoms with Gasteiger partial charge in [-0.15, -0.1) is 0 Å². The second kappa shape index (κ2) is 5.46. The maximum absolute atomic E-state index is 12.7. The molecule has 1 fully saturated rings. The normalized spacial score (nSPS) is 21.2. The zero-order valence-electron chi connectivity index (χ0n) is 12.4. The molecule has 3 N–H and O–H groups in total. The summed E-state index contributed by atoms with van der Waals surface area (Å²) < 4.78 is 5.30. The molecule has 1 unspecified atom stereocenters. The van der Waals surface area contributed by atoms with Crippen molar-refractivity contribution < 1.29 is 14.3 Å². The number of nitrogens with zero attached hydrogens (tertiary/aromatic N) is 1. The molecule has 0 aromatic carbocycles. The molecule has 0 bridgehead atoms. The third-order valence-electron chi connectivity index (χ3n) is 4.08. The number of nitrogens with two attached hydrogens (primary N) is 1. The van der Waals surface area contributed by atoms with E-state index in [-0.39, 0.29) is 18.4 Å². The topological polar surface area (TPSA) is 84.7 Å². The summed E-state index contributed by atoms with van der Waals surface area (Å²) in [4.78, 5) is 26.1. The first-order chi connectivity index (χ1) is 8.63. The molecule has 1 saturated heterocycles. The molecule has 1 aliphatic rings. The summed E-state index contributed by atoms with van der Waals surface area (Å²) in [7, 11) is 1.55. The van der Waals surface area contributed by atoms with E-state index in [1.165, 1.54) is 0 Å². The number of carbonyl (C=O) groups is 2. The van der Waals surface area contributed by atoms with Gasteiger partial charge in [-0.2, -0.15) is 0 Å². The molecule has 0 spiro atoms. The van der Waals surface area contributed by atoms with Gasteiger partial charge < -0.3 is 20.7 Å². The van der Waals surface area contributed by atoms with Crippen LogP contribution >= 0.6 is 0 Å². The smallest absolute Gasteiger partial charge is 0.244 e. The van der Waals surface area contributed by atoms with Crippen LogP contribution in [0.1, 0.15) is 27.7 Å². The van der Waals surface area contributed by atoms with Gasteiger partial charge in [-0.25, -0.2) is 0 Å². The number of hydrogen-bond acceptors (Lipinski definition) is 4. The van der Waals surface area contributed by atoms with E-state index in [1.807, 2.05) is 27.7 Å². The second-order valence-electron chi connectivity index (χ2n) is 6.05. The van der Waals surface area contributed by atoms with E-state index in [0.717, 1.165) is 0 Å². The molecule has 0 saturated carbocycles. The van der Waals surface area contributed by atoms with Crippen molar-refractivity contribution >= 4 is 11.8 Å². The highest BCUT2D eigenvalue weighted by molar-refractivity contribution is 5.90. The minimum atomic E-state index is -0.753. The van der Waals surface area contributed by atoms with Gasteiger partial charge in [0.05, 0.1) is 18.6 Å². The number of carbonyl (C=O) groups excluding carboxylic acids is 2. The van der Waals surface area contributed by atoms with Crippen molar-refractivity contribution in [3.8, 4) is 0 Å². The molecule has 0 aromatic rings. The molecule has 6 nitrogen and oxygen atoms in total. The summed E-state index contributed by atoms with van der Waals surface area (Å²) >= 11 is 0. The van der Waals surface area contributed by atoms with Gasteiger partial charge in [0.25, 0.3) is 0 Å². The predicted molar refractivity (Wildman–Crippen MR) is 72.4 cm³/mol. The SMILES string of the molecule is CNC(=O)C1COCCN1C(=O)C(C)(C)C(C)(C)N. The maximum atomic E-state index is 12.7. The van der Waals surface area contributed by atoms with Gasteiger partial charge in [0.15, 0.2) is 0 Å². The highest BCUT2D eigenvalue weighted by Crippen LogP contribution is 2.31. The molecule has 0 aromatic heterocycles. The number of hydrogen-bond donors (Lipinski definition) is 2. The monoisotopic (exact) mass is 271 g/mol. The van der Waals surface area contributed by atoms with Gasteiger partial charge >= 0.3 is 0 Å². The van der Waals surface area contributed by atoms with E-state index in [1.54, 1.807) is 11.9 Å². The highest BCUT2D eigenvalue weighted by atomic mass is 16.5. The van der Waals surface area contributed by atoms with Crippen molar-refractivity contribution in [2.45, 2.75) is 39.3 Å². The lowest BCUT2D eigenvalue weighted by atomic mass is 9.74. The zero-order chi connectivity index (χ0) is 14.8. The Hall–Kier alpha value is -1.14. The Morgan fingerprint density at radius 1 is 1.32 bits per heavy atom. The predicted octanol–water partition coefficient (Wildman–Crippen LogP) is -0.277. The van der Waals surface area contributed by atoms with Crippen molar-refractivity contribution in [1.82, 2.24) is 10.2 Å². The van der Waals surface area contributed by atoms with Gasteiger partial charge in [0.2, 0.25) is 11.8 Å². The standard InChI is InChI=1S/C13H25N3O3/c1-12(2,13(3,4)14)11(18)16-6-7-19-8-9(16)10(17)15-5/h9H,6-8,14H2,1-5H3,(H,15,17). The van der Waals surface area contributed by atoms with Gasteiger partial charge in [-0.05, 0) is 27.7 Å². The van der Waals surface area contributed by atoms with Crippen LogP contribution in [0, 0.1) is 5.41 Å². The summed E-state index contributed by atoms with van der Waals surface area (Å²) in [5, 5.41) is 2.57. The van der Waals surface area contributed by atoms with Crippen LogP contribution < -0.4 is 11.1 Å². The van der Waals surface area contributed by atoms with Crippen LogP contribution in [-0.4, -0.2) is 55.1 Å². The molecular formula is C13H25N3O3. The lowest BCUT2D eigenvalue weighted by Crippen LogP contribution is -2.63. The van der Waals surface area contributed by atoms with Gasteiger partial charge in [0.1, 0.15) is 6.04 Å². The Morgan fingerprint density at radius 2 is 1.89 bits per heavy atom. The van der Waals surface area contributed by atoms with Gasteiger partial charge in [-0.3, -0.25) is 9.59 Å². The first-order valence-electron chi connectivity index (χ1n) is 6.52. The summed E-state index contributed by atoms with van der Waals surface area (Å²) in [5.41, 5.74) is 4.67. The molecule has 6 heteroatoms. The minimum absolute atomic E-state index is 0.114. The van der Waals surface area contributed by atoms with Gasteiger partial charge in [0, 0.05) is 19.1 Å². The van der Waals surface area contributed by atoms with Crippen LogP contribution in [-0.2, 0) is 14.3 Å². The number of rotatable bonds is 3. The van der Waals surface area contributed by atoms with Crippen LogP contribution in [0.3, 0.4) is 0 Å². The first kappa shape index (κ1) is 15.9. The summed E-state index contributed by atoms with van der Waals surface area (Å²) in [6.07, 6.45) is 0. The molecule has 0 aliphatic carbocycles. The van der Waals surface area contributed by atoms with E-state index in [4.69, 9.17) is 10.5 Å². The number of morpholine rings is 1. The van der Waals surface area contributed by atoms with Crippen molar-refractivity contribution in [3.05, 3.63) is 0 Å². The van der Waals surface area contributed by atoms with Crippen molar-refractivity contribution in [2.24, 2.45) is 11.1 Å². The van der Waals surface area contributed by atoms with Crippen molar-refractivity contribution in [1.29, 1.82) is 0 Å². The highest BCUT2D eigenvalue weighted by Gasteiger charge is 2.46. The molecule has 1 atom stereocenters. The Labute approximate surface area is 114 Å². The average molecular weight is 271 g/mol. The molecule has 110 valence electrons. The average Bonchev–Trinajstić information content (AvgIpc) is 2.35. The quantitative estimate of drug-likeness (QED) is 0.739. The van der Waals surface area contributed by atoms with E-state index in [2.05, 4.69) is 5.32 Å². The largest absolute Gasteiger partial charge is 0.377 e. The van der Waals surface area contributed by atoms with E-state index < -0.39 is 17.0 Å². The van der Waals surface area contributed by atoms with Crippen LogP contribution in [0.5, 0.6) is 0 Å². The molecule has 2 amide bonds. The van der Waals surface area contributed by atoms with Crippen LogP contribution in [0.15, 0.2) is 0 Å². The van der Waals surface area contributed by atoms with Crippen LogP contribution in [0.4, 0.5) is 0 Å². The zero-order valence-corrected chi connectivity index (χ0v) is 12.4. The fraction of sp³-hybridized carbons (Fsp3) is 0.846. The summed E-state index contributed by atoms with van der Waals surface area (Å²) in [6, 6.07) is -0.576. The minimum Gasteiger partial charge on any atom is -0.377 e. The van der Waals surface area contributed by atoms with E-state index >= 15 is 0 Å². The molecule has 1 aliphatic heterocycles. The number of amides is 2. The lowest BCUT2D eigenvalue weighted by Gasteiger charge is -2.44. The number of nitrogens with one attached hydrogen (secondary N) is 1.